The molecule has 0 spiro atoms. The summed E-state index contributed by atoms with van der Waals surface area (Å²) in [4.78, 5) is 5.91. The summed E-state index contributed by atoms with van der Waals surface area (Å²) in [6.45, 7) is 0.659. The molecule has 1 fully saturated rings. The summed E-state index contributed by atoms with van der Waals surface area (Å²) in [6.07, 6.45) is 0.320. The number of halogens is 5. The highest BCUT2D eigenvalue weighted by Gasteiger charge is 2.33. The summed E-state index contributed by atoms with van der Waals surface area (Å²) >= 11 is 11.7. The van der Waals surface area contributed by atoms with E-state index in [4.69, 9.17) is 23.2 Å². The molecule has 0 radical (unpaired) electrons. The first kappa shape index (κ1) is 15.7. The van der Waals surface area contributed by atoms with Gasteiger partial charge in [0.05, 0.1) is 10.6 Å². The fraction of sp³-hybridized carbons (Fsp3) is 0.615. The third-order valence-electron chi connectivity index (χ3n) is 3.47. The van der Waals surface area contributed by atoms with Crippen molar-refractivity contribution < 1.29 is 13.2 Å². The zero-order valence-corrected chi connectivity index (χ0v) is 12.3. The fourth-order valence-corrected chi connectivity index (χ4v) is 2.58. The molecule has 1 aliphatic rings. The van der Waals surface area contributed by atoms with Gasteiger partial charge in [0.2, 0.25) is 0 Å². The highest BCUT2D eigenvalue weighted by molar-refractivity contribution is 6.33. The van der Waals surface area contributed by atoms with Gasteiger partial charge in [0.1, 0.15) is 5.82 Å². The molecule has 2 rings (SSSR count). The van der Waals surface area contributed by atoms with Gasteiger partial charge in [-0.15, -0.1) is 11.6 Å². The summed E-state index contributed by atoms with van der Waals surface area (Å²) in [6, 6.07) is 1.25. The Kier molecular flexibility index (Phi) is 5.02. The van der Waals surface area contributed by atoms with E-state index in [0.717, 1.165) is 37.9 Å². The Hall–Kier alpha value is -0.680. The number of anilines is 1. The molecule has 1 heterocycles. The van der Waals surface area contributed by atoms with Crippen molar-refractivity contribution in [3.05, 3.63) is 22.8 Å². The molecule has 20 heavy (non-hydrogen) atoms. The van der Waals surface area contributed by atoms with E-state index in [0.29, 0.717) is 24.3 Å². The molecule has 1 saturated carbocycles. The predicted molar refractivity (Wildman–Crippen MR) is 74.6 cm³/mol. The van der Waals surface area contributed by atoms with Gasteiger partial charge in [-0.1, -0.05) is 11.6 Å². The Morgan fingerprint density at radius 2 is 2.05 bits per heavy atom. The first-order chi connectivity index (χ1) is 9.43. The molecule has 2 nitrogen and oxygen atoms in total. The Bertz CT molecular complexity index is 461. The molecule has 0 bridgehead atoms. The van der Waals surface area contributed by atoms with Gasteiger partial charge < -0.3 is 4.90 Å². The van der Waals surface area contributed by atoms with Gasteiger partial charge in [0.15, 0.2) is 0 Å². The first-order valence-corrected chi connectivity index (χ1v) is 7.40. The molecule has 0 aromatic carbocycles. The number of rotatable bonds is 5. The SMILES string of the molecule is FC(F)(F)c1cnc(N(CCCCl)C2CCC2)c(Cl)c1. The standard InChI is InChI=1S/C13H15Cl2F3N2/c14-5-2-6-20(10-3-1-4-10)12-11(15)7-9(8-19-12)13(16,17)18/h7-8,10H,1-6H2. The first-order valence-electron chi connectivity index (χ1n) is 6.49. The van der Waals surface area contributed by atoms with Crippen LogP contribution in [-0.2, 0) is 6.18 Å². The summed E-state index contributed by atoms with van der Waals surface area (Å²) in [5, 5.41) is 0.0429. The molecule has 0 atom stereocenters. The Morgan fingerprint density at radius 3 is 2.50 bits per heavy atom. The smallest absolute Gasteiger partial charge is 0.352 e. The quantitative estimate of drug-likeness (QED) is 0.726. The van der Waals surface area contributed by atoms with Crippen LogP contribution in [0.2, 0.25) is 5.02 Å². The second-order valence-corrected chi connectivity index (χ2v) is 5.63. The second kappa shape index (κ2) is 6.39. The molecule has 0 unspecified atom stereocenters. The van der Waals surface area contributed by atoms with Crippen molar-refractivity contribution >= 4 is 29.0 Å². The highest BCUT2D eigenvalue weighted by Crippen LogP contribution is 2.36. The second-order valence-electron chi connectivity index (χ2n) is 4.85. The van der Waals surface area contributed by atoms with Crippen molar-refractivity contribution in [2.45, 2.75) is 37.9 Å². The van der Waals surface area contributed by atoms with Crippen molar-refractivity contribution in [1.82, 2.24) is 4.98 Å². The van der Waals surface area contributed by atoms with Crippen molar-refractivity contribution in [2.24, 2.45) is 0 Å². The van der Waals surface area contributed by atoms with E-state index in [2.05, 4.69) is 4.98 Å². The van der Waals surface area contributed by atoms with E-state index >= 15 is 0 Å². The van der Waals surface area contributed by atoms with Gasteiger partial charge in [-0.2, -0.15) is 13.2 Å². The van der Waals surface area contributed by atoms with Crippen molar-refractivity contribution in [1.29, 1.82) is 0 Å². The molecule has 0 saturated heterocycles. The van der Waals surface area contributed by atoms with Crippen LogP contribution >= 0.6 is 23.2 Å². The minimum Gasteiger partial charge on any atom is -0.352 e. The fourth-order valence-electron chi connectivity index (χ4n) is 2.19. The molecule has 0 amide bonds. The van der Waals surface area contributed by atoms with Crippen LogP contribution in [0, 0.1) is 0 Å². The van der Waals surface area contributed by atoms with E-state index in [1.54, 1.807) is 0 Å². The number of hydrogen-bond donors (Lipinski definition) is 0. The molecule has 0 aliphatic heterocycles. The van der Waals surface area contributed by atoms with E-state index in [-0.39, 0.29) is 5.02 Å². The molecule has 7 heteroatoms. The predicted octanol–water partition coefficient (Wildman–Crippen LogP) is 4.74. The number of hydrogen-bond acceptors (Lipinski definition) is 2. The lowest BCUT2D eigenvalue weighted by Gasteiger charge is -2.38. The van der Waals surface area contributed by atoms with Crippen LogP contribution in [0.15, 0.2) is 12.3 Å². The van der Waals surface area contributed by atoms with Crippen LogP contribution in [0.1, 0.15) is 31.2 Å². The van der Waals surface area contributed by atoms with Gasteiger partial charge in [-0.05, 0) is 31.7 Å². The minimum atomic E-state index is -4.42. The van der Waals surface area contributed by atoms with Gasteiger partial charge in [-0.3, -0.25) is 0 Å². The Labute approximate surface area is 125 Å². The Morgan fingerprint density at radius 1 is 1.35 bits per heavy atom. The lowest BCUT2D eigenvalue weighted by Crippen LogP contribution is -2.41. The lowest BCUT2D eigenvalue weighted by atomic mass is 9.91. The molecule has 0 N–H and O–H groups in total. The molecule has 1 aromatic heterocycles. The summed E-state index contributed by atoms with van der Waals surface area (Å²) in [5.41, 5.74) is -0.822. The minimum absolute atomic E-state index is 0.0429. The van der Waals surface area contributed by atoms with Gasteiger partial charge in [0, 0.05) is 24.7 Å². The van der Waals surface area contributed by atoms with Gasteiger partial charge >= 0.3 is 6.18 Å². The third-order valence-corrected chi connectivity index (χ3v) is 4.01. The summed E-state index contributed by atoms with van der Waals surface area (Å²) in [7, 11) is 0. The topological polar surface area (TPSA) is 16.1 Å². The average Bonchev–Trinajstić information content (AvgIpc) is 2.31. The maximum absolute atomic E-state index is 12.6. The van der Waals surface area contributed by atoms with Gasteiger partial charge in [-0.25, -0.2) is 4.98 Å². The average molecular weight is 327 g/mol. The summed E-state index contributed by atoms with van der Waals surface area (Å²) in [5.74, 6) is 0.927. The zero-order valence-electron chi connectivity index (χ0n) is 10.8. The largest absolute Gasteiger partial charge is 0.417 e. The van der Waals surface area contributed by atoms with Crippen molar-refractivity contribution in [3.63, 3.8) is 0 Å². The molecule has 1 aromatic rings. The maximum Gasteiger partial charge on any atom is 0.417 e. The molecular formula is C13H15Cl2F3N2. The maximum atomic E-state index is 12.6. The number of nitrogens with zero attached hydrogens (tertiary/aromatic N) is 2. The third kappa shape index (κ3) is 3.50. The number of aromatic nitrogens is 1. The molecule has 1 aliphatic carbocycles. The van der Waals surface area contributed by atoms with Crippen LogP contribution in [0.25, 0.3) is 0 Å². The van der Waals surface area contributed by atoms with Gasteiger partial charge in [0.25, 0.3) is 0 Å². The van der Waals surface area contributed by atoms with E-state index < -0.39 is 11.7 Å². The Balaban J connectivity index is 2.24. The lowest BCUT2D eigenvalue weighted by molar-refractivity contribution is -0.137. The monoisotopic (exact) mass is 326 g/mol. The van der Waals surface area contributed by atoms with E-state index in [9.17, 15) is 13.2 Å². The summed E-state index contributed by atoms with van der Waals surface area (Å²) < 4.78 is 37.8. The number of alkyl halides is 4. The van der Waals surface area contributed by atoms with Crippen LogP contribution in [0.4, 0.5) is 19.0 Å². The van der Waals surface area contributed by atoms with Crippen molar-refractivity contribution in [2.75, 3.05) is 17.3 Å². The van der Waals surface area contributed by atoms with E-state index in [1.165, 1.54) is 0 Å². The van der Waals surface area contributed by atoms with Crippen LogP contribution in [-0.4, -0.2) is 23.5 Å². The van der Waals surface area contributed by atoms with Crippen LogP contribution in [0.3, 0.4) is 0 Å². The van der Waals surface area contributed by atoms with Crippen LogP contribution in [0.5, 0.6) is 0 Å². The number of pyridine rings is 1. The molecular weight excluding hydrogens is 312 g/mol. The molecule has 112 valence electrons. The normalized spacial score (nSPS) is 16.1. The van der Waals surface area contributed by atoms with E-state index in [1.807, 2.05) is 4.90 Å². The van der Waals surface area contributed by atoms with Crippen LogP contribution < -0.4 is 4.90 Å². The van der Waals surface area contributed by atoms with Crippen molar-refractivity contribution in [3.8, 4) is 0 Å². The zero-order chi connectivity index (χ0) is 14.8. The highest BCUT2D eigenvalue weighted by atomic mass is 35.5.